The molecule has 0 fully saturated rings. The van der Waals surface area contributed by atoms with E-state index in [0.29, 0.717) is 0 Å². The van der Waals surface area contributed by atoms with E-state index in [-0.39, 0.29) is 65.2 Å². The SMILES string of the molecule is [InH3].[Mo].[O]=[Zn]. The van der Waals surface area contributed by atoms with Gasteiger partial charge in [0.25, 0.3) is 0 Å². The van der Waals surface area contributed by atoms with Gasteiger partial charge < -0.3 is 0 Å². The van der Waals surface area contributed by atoms with Crippen molar-refractivity contribution in [2.24, 2.45) is 0 Å². The Kier molecular flexibility index (Phi) is 83.9. The molecule has 0 saturated carbocycles. The van der Waals surface area contributed by atoms with E-state index < -0.39 is 0 Å². The summed E-state index contributed by atoms with van der Waals surface area (Å²) in [7, 11) is 0. The second kappa shape index (κ2) is 20.1. The molecule has 0 spiro atoms. The van der Waals surface area contributed by atoms with E-state index in [9.17, 15) is 0 Å². The molecule has 1 nitrogen and oxygen atoms in total. The zero-order valence-corrected chi connectivity index (χ0v) is 6.50. The van der Waals surface area contributed by atoms with Gasteiger partial charge in [-0.3, -0.25) is 0 Å². The van der Waals surface area contributed by atoms with Crippen LogP contribution in [-0.4, -0.2) is 25.8 Å². The van der Waals surface area contributed by atoms with Crippen molar-refractivity contribution in [1.29, 1.82) is 0 Å². The van der Waals surface area contributed by atoms with Crippen LogP contribution in [0.2, 0.25) is 0 Å². The molecule has 20 valence electrons. The van der Waals surface area contributed by atoms with E-state index in [1.165, 1.54) is 0 Å². The molecule has 0 unspecified atom stereocenters. The Hall–Kier alpha value is 1.98. The standard InChI is InChI=1S/In.Mo.O.Zn.3H. The number of hydrogen-bond donors (Lipinski definition) is 0. The molecule has 0 aliphatic heterocycles. The molecule has 4 heteroatoms. The quantitative estimate of drug-likeness (QED) is 0.507. The molecule has 0 bridgehead atoms. The van der Waals surface area contributed by atoms with Crippen LogP contribution in [0.15, 0.2) is 0 Å². The fourth-order valence-electron chi connectivity index (χ4n) is 0. The average Bonchev–Trinajstić information content (AvgIpc) is 1.00. The van der Waals surface area contributed by atoms with Crippen molar-refractivity contribution >= 4 is 25.8 Å². The van der Waals surface area contributed by atoms with Crippen LogP contribution >= 0.6 is 0 Å². The fourth-order valence-corrected chi connectivity index (χ4v) is 0. The van der Waals surface area contributed by atoms with Gasteiger partial charge in [-0.05, 0) is 0 Å². The molecule has 0 aliphatic rings. The first kappa shape index (κ1) is 16.7. The van der Waals surface area contributed by atoms with Gasteiger partial charge in [-0.2, -0.15) is 0 Å². The molecule has 4 heavy (non-hydrogen) atoms. The molecule has 0 rings (SSSR count). The van der Waals surface area contributed by atoms with Crippen molar-refractivity contribution in [3.05, 3.63) is 0 Å². The molecule has 0 radical (unpaired) electrons. The molecule has 0 aromatic rings. The molecule has 0 heterocycles. The van der Waals surface area contributed by atoms with Crippen LogP contribution in [0.25, 0.3) is 0 Å². The van der Waals surface area contributed by atoms with Gasteiger partial charge in [0, 0.05) is 21.1 Å². The van der Waals surface area contributed by atoms with Gasteiger partial charge in [-0.15, -0.1) is 0 Å². The normalized spacial score (nSPS) is 1.50. The van der Waals surface area contributed by atoms with Crippen molar-refractivity contribution in [2.75, 3.05) is 0 Å². The first-order valence-corrected chi connectivity index (χ1v) is 1.50. The maximum atomic E-state index is 8.38. The van der Waals surface area contributed by atoms with Crippen molar-refractivity contribution in [3.63, 3.8) is 0 Å². The van der Waals surface area contributed by atoms with Crippen LogP contribution in [0.1, 0.15) is 0 Å². The molecule has 0 saturated heterocycles. The van der Waals surface area contributed by atoms with Crippen LogP contribution in [0.3, 0.4) is 0 Å². The molecular weight excluding hydrogens is 292 g/mol. The van der Waals surface area contributed by atoms with E-state index in [1.54, 1.807) is 0 Å². The predicted molar refractivity (Wildman–Crippen MR) is 10.6 cm³/mol. The first-order valence-electron chi connectivity index (χ1n) is 0.289. The Bertz CT molecular complexity index is 8.00. The van der Waals surface area contributed by atoms with Crippen LogP contribution in [0, 0.1) is 0 Å². The summed E-state index contributed by atoms with van der Waals surface area (Å²) in [6.45, 7) is 0. The molecule has 0 aliphatic carbocycles. The monoisotopic (exact) mass is 296 g/mol. The summed E-state index contributed by atoms with van der Waals surface area (Å²) in [4.78, 5) is 0. The summed E-state index contributed by atoms with van der Waals surface area (Å²) >= 11 is 0.125. The molecule has 0 aromatic carbocycles. The number of rotatable bonds is 0. The topological polar surface area (TPSA) is 17.1 Å². The summed E-state index contributed by atoms with van der Waals surface area (Å²) in [5, 5.41) is 0. The van der Waals surface area contributed by atoms with Gasteiger partial charge in [-0.25, -0.2) is 0 Å². The molecular formula is H3InMoOZn. The third kappa shape index (κ3) is 9.01. The van der Waals surface area contributed by atoms with E-state index >= 15 is 0 Å². The zero-order chi connectivity index (χ0) is 2.00. The molecule has 0 amide bonds. The van der Waals surface area contributed by atoms with Gasteiger partial charge in [0.05, 0.1) is 0 Å². The summed E-state index contributed by atoms with van der Waals surface area (Å²) in [5.74, 6) is 0. The minimum atomic E-state index is 0. The first-order chi connectivity index (χ1) is 1.00. The van der Waals surface area contributed by atoms with Crippen LogP contribution in [0.4, 0.5) is 0 Å². The van der Waals surface area contributed by atoms with Crippen molar-refractivity contribution in [2.45, 2.75) is 0 Å². The maximum absolute atomic E-state index is 8.38. The van der Waals surface area contributed by atoms with Crippen LogP contribution in [0.5, 0.6) is 0 Å². The Morgan fingerprint density at radius 1 is 1.25 bits per heavy atom. The van der Waals surface area contributed by atoms with E-state index in [0.717, 1.165) is 0 Å². The van der Waals surface area contributed by atoms with E-state index in [1.807, 2.05) is 0 Å². The third-order valence-corrected chi connectivity index (χ3v) is 0. The van der Waals surface area contributed by atoms with Crippen molar-refractivity contribution < 1.29 is 42.9 Å². The van der Waals surface area contributed by atoms with Crippen molar-refractivity contribution in [3.8, 4) is 0 Å². The van der Waals surface area contributed by atoms with Gasteiger partial charge in [0.1, 0.15) is 0 Å². The second-order valence-corrected chi connectivity index (χ2v) is 0. The minimum absolute atomic E-state index is 0. The fraction of sp³-hybridized carbons (Fsp3) is 0. The van der Waals surface area contributed by atoms with Gasteiger partial charge in [-0.1, -0.05) is 0 Å². The summed E-state index contributed by atoms with van der Waals surface area (Å²) in [6, 6.07) is 0. The summed E-state index contributed by atoms with van der Waals surface area (Å²) in [5.41, 5.74) is 0. The van der Waals surface area contributed by atoms with E-state index in [4.69, 9.17) is 3.57 Å². The van der Waals surface area contributed by atoms with E-state index in [2.05, 4.69) is 0 Å². The van der Waals surface area contributed by atoms with Gasteiger partial charge >= 0.3 is 47.7 Å². The summed E-state index contributed by atoms with van der Waals surface area (Å²) < 4.78 is 8.38. The Labute approximate surface area is 67.9 Å². The second-order valence-electron chi connectivity index (χ2n) is 0. The van der Waals surface area contributed by atoms with Crippen LogP contribution in [-0.2, 0) is 42.9 Å². The van der Waals surface area contributed by atoms with Gasteiger partial charge in [0.2, 0.25) is 0 Å². The van der Waals surface area contributed by atoms with Crippen LogP contribution < -0.4 is 0 Å². The molecule has 0 atom stereocenters. The zero-order valence-electron chi connectivity index (χ0n) is 1.52. The Morgan fingerprint density at radius 2 is 1.25 bits per heavy atom. The third-order valence-electron chi connectivity index (χ3n) is 0. The molecule has 0 N–H and O–H groups in total. The van der Waals surface area contributed by atoms with Gasteiger partial charge in [0.15, 0.2) is 0 Å². The Morgan fingerprint density at radius 3 is 1.25 bits per heavy atom. The average molecular weight is 295 g/mol. The van der Waals surface area contributed by atoms with Crippen molar-refractivity contribution in [1.82, 2.24) is 0 Å². The summed E-state index contributed by atoms with van der Waals surface area (Å²) in [6.07, 6.45) is 0. The predicted octanol–water partition coefficient (Wildman–Crippen LogP) is -1.31. The molecule has 0 aromatic heterocycles. The Balaban J connectivity index is -0.00000000500. The number of hydrogen-bond acceptors (Lipinski definition) is 1.